The minimum atomic E-state index is -3.88. The Bertz CT molecular complexity index is 458. The number of aromatic nitrogens is 1. The molecule has 0 unspecified atom stereocenters. The fourth-order valence-electron chi connectivity index (χ4n) is 1.70. The summed E-state index contributed by atoms with van der Waals surface area (Å²) in [5, 5.41) is 11.4. The number of nitrogens with one attached hydrogen (secondary N) is 1. The van der Waals surface area contributed by atoms with Crippen LogP contribution in [-0.4, -0.2) is 27.5 Å². The highest BCUT2D eigenvalue weighted by atomic mass is 19.3. The van der Waals surface area contributed by atoms with Crippen LogP contribution in [0.2, 0.25) is 0 Å². The lowest BCUT2D eigenvalue weighted by Crippen LogP contribution is -2.59. The molecule has 0 radical (unpaired) electrons. The van der Waals surface area contributed by atoms with Crippen molar-refractivity contribution in [3.8, 4) is 0 Å². The fourth-order valence-corrected chi connectivity index (χ4v) is 1.70. The molecule has 0 saturated heterocycles. The van der Waals surface area contributed by atoms with Crippen LogP contribution >= 0.6 is 0 Å². The summed E-state index contributed by atoms with van der Waals surface area (Å²) in [5.41, 5.74) is -2.33. The van der Waals surface area contributed by atoms with Gasteiger partial charge in [0.1, 0.15) is 5.60 Å². The average Bonchev–Trinajstić information content (AvgIpc) is 2.28. The summed E-state index contributed by atoms with van der Waals surface area (Å²) in [6.45, 7) is 0. The van der Waals surface area contributed by atoms with Crippen LogP contribution in [0.5, 0.6) is 0 Å². The van der Waals surface area contributed by atoms with Gasteiger partial charge in [-0.05, 0) is 31.4 Å². The smallest absolute Gasteiger partial charge is 0.352 e. The second-order valence-corrected chi connectivity index (χ2v) is 4.28. The van der Waals surface area contributed by atoms with Gasteiger partial charge in [-0.3, -0.25) is 4.79 Å². The minimum absolute atomic E-state index is 0.0519. The maximum atomic E-state index is 13.7. The molecule has 2 N–H and O–H groups in total. The van der Waals surface area contributed by atoms with Gasteiger partial charge in [-0.15, -0.1) is 0 Å². The normalized spacial score (nSPS) is 18.0. The second kappa shape index (κ2) is 4.24. The highest BCUT2D eigenvalue weighted by Gasteiger charge is 2.61. The molecule has 1 heterocycles. The molecule has 1 saturated carbocycles. The van der Waals surface area contributed by atoms with Crippen molar-refractivity contribution in [1.29, 1.82) is 0 Å². The number of hydrogen-bond donors (Lipinski definition) is 2. The van der Waals surface area contributed by atoms with Crippen molar-refractivity contribution in [1.82, 2.24) is 4.98 Å². The number of carbonyl (C=O) groups excluding carboxylic acids is 1. The van der Waals surface area contributed by atoms with E-state index in [1.165, 1.54) is 0 Å². The minimum Gasteiger partial charge on any atom is -0.383 e. The summed E-state index contributed by atoms with van der Waals surface area (Å²) in [7, 11) is 0. The molecule has 0 bridgehead atoms. The number of hydrogen-bond acceptors (Lipinski definition) is 3. The molecule has 7 heteroatoms. The molecule has 0 aromatic carbocycles. The summed E-state index contributed by atoms with van der Waals surface area (Å²) in [4.78, 5) is 14.6. The number of aliphatic hydroxyl groups is 1. The predicted octanol–water partition coefficient (Wildman–Crippen LogP) is 1.71. The van der Waals surface area contributed by atoms with Crippen molar-refractivity contribution in [3.05, 3.63) is 24.3 Å². The molecule has 1 aromatic heterocycles. The van der Waals surface area contributed by atoms with E-state index in [2.05, 4.69) is 4.98 Å². The molecule has 98 valence electrons. The van der Waals surface area contributed by atoms with Crippen LogP contribution in [0, 0.1) is 5.95 Å². The van der Waals surface area contributed by atoms with Gasteiger partial charge in [-0.2, -0.15) is 13.2 Å². The summed E-state index contributed by atoms with van der Waals surface area (Å²) < 4.78 is 39.8. The Morgan fingerprint density at radius 2 is 2.11 bits per heavy atom. The zero-order chi connectivity index (χ0) is 13.4. The molecule has 1 fully saturated rings. The van der Waals surface area contributed by atoms with Crippen LogP contribution in [0.15, 0.2) is 18.3 Å². The average molecular weight is 260 g/mol. The van der Waals surface area contributed by atoms with Crippen LogP contribution in [0.4, 0.5) is 18.9 Å². The largest absolute Gasteiger partial charge is 0.383 e. The van der Waals surface area contributed by atoms with E-state index >= 15 is 0 Å². The predicted molar refractivity (Wildman–Crippen MR) is 56.6 cm³/mol. The molecule has 4 nitrogen and oxygen atoms in total. The van der Waals surface area contributed by atoms with Crippen molar-refractivity contribution in [3.63, 3.8) is 0 Å². The van der Waals surface area contributed by atoms with Gasteiger partial charge in [0.2, 0.25) is 5.95 Å². The Hall–Kier alpha value is -1.63. The number of carbonyl (C=O) groups is 1. The highest BCUT2D eigenvalue weighted by Crippen LogP contribution is 2.44. The second-order valence-electron chi connectivity index (χ2n) is 4.28. The number of pyridine rings is 1. The molecule has 1 aliphatic carbocycles. The molecule has 0 aliphatic heterocycles. The fraction of sp³-hybridized carbons (Fsp3) is 0.455. The Morgan fingerprint density at radius 3 is 2.56 bits per heavy atom. The molecule has 1 amide bonds. The van der Waals surface area contributed by atoms with Gasteiger partial charge in [-0.25, -0.2) is 4.98 Å². The van der Waals surface area contributed by atoms with E-state index in [9.17, 15) is 23.1 Å². The van der Waals surface area contributed by atoms with Gasteiger partial charge in [0.25, 0.3) is 5.91 Å². The Morgan fingerprint density at radius 1 is 1.44 bits per heavy atom. The Balaban J connectivity index is 2.09. The Labute approximate surface area is 101 Å². The van der Waals surface area contributed by atoms with E-state index in [1.807, 2.05) is 5.32 Å². The first-order valence-electron chi connectivity index (χ1n) is 5.38. The van der Waals surface area contributed by atoms with Crippen molar-refractivity contribution < 1.29 is 23.1 Å². The number of rotatable bonds is 3. The maximum absolute atomic E-state index is 13.7. The lowest BCUT2D eigenvalue weighted by atomic mass is 9.75. The molecule has 18 heavy (non-hydrogen) atoms. The highest BCUT2D eigenvalue weighted by molar-refractivity contribution is 5.97. The molecule has 1 aliphatic rings. The zero-order valence-electron chi connectivity index (χ0n) is 9.29. The number of anilines is 1. The monoisotopic (exact) mass is 260 g/mol. The lowest BCUT2D eigenvalue weighted by Gasteiger charge is -2.41. The number of alkyl halides is 2. The van der Waals surface area contributed by atoms with Crippen LogP contribution in [0.3, 0.4) is 0 Å². The lowest BCUT2D eigenvalue weighted by molar-refractivity contribution is -0.212. The van der Waals surface area contributed by atoms with E-state index in [1.54, 1.807) is 0 Å². The SMILES string of the molecule is O=C(Nc1ccc(F)nc1)C(F)(F)C1(O)CCC1. The van der Waals surface area contributed by atoms with Crippen molar-refractivity contribution in [2.24, 2.45) is 0 Å². The summed E-state index contributed by atoms with van der Waals surface area (Å²) >= 11 is 0. The summed E-state index contributed by atoms with van der Waals surface area (Å²) in [6, 6.07) is 2.05. The molecule has 0 spiro atoms. The number of halogens is 3. The molecule has 1 aromatic rings. The molecular weight excluding hydrogens is 249 g/mol. The Kier molecular flexibility index (Phi) is 3.02. The quantitative estimate of drug-likeness (QED) is 0.813. The van der Waals surface area contributed by atoms with E-state index < -0.39 is 23.4 Å². The summed E-state index contributed by atoms with van der Waals surface area (Å²) in [6.07, 6.45) is 1.15. The topological polar surface area (TPSA) is 62.2 Å². The third-order valence-electron chi connectivity index (χ3n) is 3.04. The van der Waals surface area contributed by atoms with E-state index in [-0.39, 0.29) is 18.5 Å². The van der Waals surface area contributed by atoms with E-state index in [0.29, 0.717) is 6.42 Å². The van der Waals surface area contributed by atoms with Gasteiger partial charge in [0.15, 0.2) is 0 Å². The van der Waals surface area contributed by atoms with Crippen molar-refractivity contribution in [2.45, 2.75) is 30.8 Å². The first-order valence-corrected chi connectivity index (χ1v) is 5.38. The van der Waals surface area contributed by atoms with Crippen LogP contribution in [0.25, 0.3) is 0 Å². The van der Waals surface area contributed by atoms with Gasteiger partial charge in [0, 0.05) is 0 Å². The molecule has 2 rings (SSSR count). The van der Waals surface area contributed by atoms with Crippen LogP contribution < -0.4 is 5.32 Å². The number of nitrogens with zero attached hydrogens (tertiary/aromatic N) is 1. The third-order valence-corrected chi connectivity index (χ3v) is 3.04. The maximum Gasteiger partial charge on any atom is 0.352 e. The standard InChI is InChI=1S/C11H11F3N2O2/c12-8-3-2-7(6-15-8)16-9(17)11(13,14)10(18)4-1-5-10/h2-3,6,18H,1,4-5H2,(H,16,17). The first-order chi connectivity index (χ1) is 8.35. The first kappa shape index (κ1) is 12.8. The van der Waals surface area contributed by atoms with Gasteiger partial charge < -0.3 is 10.4 Å². The van der Waals surface area contributed by atoms with Crippen molar-refractivity contribution >= 4 is 11.6 Å². The van der Waals surface area contributed by atoms with Gasteiger partial charge in [0.05, 0.1) is 11.9 Å². The zero-order valence-corrected chi connectivity index (χ0v) is 9.29. The van der Waals surface area contributed by atoms with Crippen molar-refractivity contribution in [2.75, 3.05) is 5.32 Å². The van der Waals surface area contributed by atoms with Crippen LogP contribution in [0.1, 0.15) is 19.3 Å². The van der Waals surface area contributed by atoms with Gasteiger partial charge in [-0.1, -0.05) is 0 Å². The van der Waals surface area contributed by atoms with Gasteiger partial charge >= 0.3 is 5.92 Å². The number of amides is 1. The molecular formula is C11H11F3N2O2. The third kappa shape index (κ3) is 2.05. The van der Waals surface area contributed by atoms with E-state index in [0.717, 1.165) is 18.3 Å². The van der Waals surface area contributed by atoms with Crippen LogP contribution in [-0.2, 0) is 4.79 Å². The summed E-state index contributed by atoms with van der Waals surface area (Å²) in [5.74, 6) is -6.27. The van der Waals surface area contributed by atoms with E-state index in [4.69, 9.17) is 0 Å². The molecule has 0 atom stereocenters.